The number of benzene rings is 1. The van der Waals surface area contributed by atoms with Crippen LogP contribution in [-0.4, -0.2) is 10.1 Å². The number of hydrogen-bond acceptors (Lipinski definition) is 3. The molecule has 21 heavy (non-hydrogen) atoms. The van der Waals surface area contributed by atoms with Crippen molar-refractivity contribution in [3.05, 3.63) is 77.1 Å². The molecular weight excluding hydrogens is 260 g/mol. The number of hydrogen-bond donors (Lipinski definition) is 1. The number of aromatic nitrogens is 1. The highest BCUT2D eigenvalue weighted by molar-refractivity contribution is 5.38. The fourth-order valence-electron chi connectivity index (χ4n) is 2.15. The Balaban J connectivity index is 2.49. The van der Waals surface area contributed by atoms with Gasteiger partial charge in [0.05, 0.1) is 17.3 Å². The molecule has 1 atom stereocenters. The molecular formula is C18H18N2O. The van der Waals surface area contributed by atoms with Crippen LogP contribution in [0.25, 0.3) is 0 Å². The Morgan fingerprint density at radius 3 is 2.48 bits per heavy atom. The van der Waals surface area contributed by atoms with E-state index in [1.807, 2.05) is 38.1 Å². The molecule has 1 aromatic heterocycles. The molecule has 2 rings (SSSR count). The summed E-state index contributed by atoms with van der Waals surface area (Å²) in [6.07, 6.45) is 4.11. The minimum Gasteiger partial charge on any atom is -0.378 e. The van der Waals surface area contributed by atoms with Gasteiger partial charge in [0.25, 0.3) is 0 Å². The second kappa shape index (κ2) is 6.34. The van der Waals surface area contributed by atoms with Crippen molar-refractivity contribution >= 4 is 0 Å². The Labute approximate surface area is 125 Å². The zero-order valence-corrected chi connectivity index (χ0v) is 12.2. The van der Waals surface area contributed by atoms with Crippen molar-refractivity contribution in [1.82, 2.24) is 4.98 Å². The first-order chi connectivity index (χ1) is 10.1. The summed E-state index contributed by atoms with van der Waals surface area (Å²) in [5.41, 5.74) is 1.86. The topological polar surface area (TPSA) is 56.9 Å². The highest BCUT2D eigenvalue weighted by Crippen LogP contribution is 2.32. The monoisotopic (exact) mass is 278 g/mol. The van der Waals surface area contributed by atoms with Gasteiger partial charge in [0.1, 0.15) is 5.60 Å². The number of rotatable bonds is 4. The maximum atomic E-state index is 11.2. The second-order valence-electron chi connectivity index (χ2n) is 5.25. The molecule has 1 heterocycles. The van der Waals surface area contributed by atoms with Crippen LogP contribution in [0.15, 0.2) is 60.3 Å². The summed E-state index contributed by atoms with van der Waals surface area (Å²) in [4.78, 5) is 4.30. The van der Waals surface area contributed by atoms with Crippen LogP contribution in [0, 0.1) is 11.3 Å². The maximum absolute atomic E-state index is 11.2. The minimum absolute atomic E-state index is 0.443. The van der Waals surface area contributed by atoms with Crippen molar-refractivity contribution in [2.24, 2.45) is 0 Å². The summed E-state index contributed by atoms with van der Waals surface area (Å²) in [6.45, 7) is 4.00. The number of pyridine rings is 1. The Hall–Kier alpha value is -2.44. The fraction of sp³-hybridized carbons (Fsp3) is 0.222. The summed E-state index contributed by atoms with van der Waals surface area (Å²) in [5.74, 6) is 0. The third-order valence-corrected chi connectivity index (χ3v) is 3.39. The van der Waals surface area contributed by atoms with Gasteiger partial charge in [0, 0.05) is 12.6 Å². The van der Waals surface area contributed by atoms with Crippen LogP contribution in [-0.2, 0) is 5.60 Å². The van der Waals surface area contributed by atoms with Gasteiger partial charge < -0.3 is 5.11 Å². The zero-order valence-electron chi connectivity index (χ0n) is 12.2. The Bertz CT molecular complexity index is 665. The Morgan fingerprint density at radius 2 is 1.95 bits per heavy atom. The predicted octanol–water partition coefficient (Wildman–Crippen LogP) is 3.55. The third-order valence-electron chi connectivity index (χ3n) is 3.39. The molecule has 1 N–H and O–H groups in total. The van der Waals surface area contributed by atoms with E-state index in [4.69, 9.17) is 5.26 Å². The SMILES string of the molecule is CC(C)=CCC(O)(c1ccc(C#N)cc1)c1ccccn1. The van der Waals surface area contributed by atoms with Crippen LogP contribution in [0.4, 0.5) is 0 Å². The van der Waals surface area contributed by atoms with Crippen molar-refractivity contribution in [2.45, 2.75) is 25.9 Å². The van der Waals surface area contributed by atoms with Crippen molar-refractivity contribution in [2.75, 3.05) is 0 Å². The van der Waals surface area contributed by atoms with Crippen LogP contribution in [0.2, 0.25) is 0 Å². The normalized spacial score (nSPS) is 13.0. The van der Waals surface area contributed by atoms with Gasteiger partial charge in [0.2, 0.25) is 0 Å². The van der Waals surface area contributed by atoms with E-state index in [-0.39, 0.29) is 0 Å². The zero-order chi connectivity index (χ0) is 15.3. The molecule has 0 radical (unpaired) electrons. The molecule has 3 heteroatoms. The number of allylic oxidation sites excluding steroid dienone is 1. The molecule has 0 spiro atoms. The standard InChI is InChI=1S/C18H18N2O/c1-14(2)10-11-18(21,17-5-3-4-12-20-17)16-8-6-15(13-19)7-9-16/h3-10,12,21H,11H2,1-2H3. The molecule has 1 aromatic carbocycles. The summed E-state index contributed by atoms with van der Waals surface area (Å²) in [5, 5.41) is 20.1. The molecule has 106 valence electrons. The van der Waals surface area contributed by atoms with Gasteiger partial charge in [0.15, 0.2) is 0 Å². The van der Waals surface area contributed by atoms with Crippen LogP contribution in [0.1, 0.15) is 37.1 Å². The van der Waals surface area contributed by atoms with Crippen molar-refractivity contribution < 1.29 is 5.11 Å². The molecule has 0 aliphatic carbocycles. The Kier molecular flexibility index (Phi) is 4.52. The highest BCUT2D eigenvalue weighted by atomic mass is 16.3. The van der Waals surface area contributed by atoms with E-state index in [1.165, 1.54) is 0 Å². The average Bonchev–Trinajstić information content (AvgIpc) is 2.53. The lowest BCUT2D eigenvalue weighted by molar-refractivity contribution is 0.0792. The maximum Gasteiger partial charge on any atom is 0.135 e. The number of aliphatic hydroxyl groups is 1. The molecule has 3 nitrogen and oxygen atoms in total. The summed E-state index contributed by atoms with van der Waals surface area (Å²) in [7, 11) is 0. The molecule has 2 aromatic rings. The first kappa shape index (κ1) is 15.0. The fourth-order valence-corrected chi connectivity index (χ4v) is 2.15. The van der Waals surface area contributed by atoms with Gasteiger partial charge in [-0.15, -0.1) is 0 Å². The Morgan fingerprint density at radius 1 is 1.24 bits per heavy atom. The van der Waals surface area contributed by atoms with Gasteiger partial charge in [-0.3, -0.25) is 4.98 Å². The molecule has 0 saturated carbocycles. The van der Waals surface area contributed by atoms with Crippen LogP contribution in [0.3, 0.4) is 0 Å². The van der Waals surface area contributed by atoms with Gasteiger partial charge in [-0.25, -0.2) is 0 Å². The summed E-state index contributed by atoms with van der Waals surface area (Å²) in [6, 6.07) is 14.6. The molecule has 0 bridgehead atoms. The number of nitrogens with zero attached hydrogens (tertiary/aromatic N) is 2. The van der Waals surface area contributed by atoms with E-state index < -0.39 is 5.60 Å². The lowest BCUT2D eigenvalue weighted by atomic mass is 9.86. The lowest BCUT2D eigenvalue weighted by Gasteiger charge is -2.27. The predicted molar refractivity (Wildman–Crippen MR) is 82.4 cm³/mol. The molecule has 0 aliphatic rings. The van der Waals surface area contributed by atoms with Gasteiger partial charge in [-0.1, -0.05) is 29.8 Å². The lowest BCUT2D eigenvalue weighted by Crippen LogP contribution is -2.28. The number of nitriles is 1. The first-order valence-corrected chi connectivity index (χ1v) is 6.84. The smallest absolute Gasteiger partial charge is 0.135 e. The third kappa shape index (κ3) is 3.36. The molecule has 0 amide bonds. The van der Waals surface area contributed by atoms with Crippen LogP contribution in [0.5, 0.6) is 0 Å². The minimum atomic E-state index is -1.19. The molecule has 0 saturated heterocycles. The summed E-state index contributed by atoms with van der Waals surface area (Å²) < 4.78 is 0. The first-order valence-electron chi connectivity index (χ1n) is 6.84. The van der Waals surface area contributed by atoms with Crippen molar-refractivity contribution in [3.63, 3.8) is 0 Å². The molecule has 0 aliphatic heterocycles. The van der Waals surface area contributed by atoms with E-state index in [2.05, 4.69) is 11.1 Å². The van der Waals surface area contributed by atoms with Gasteiger partial charge in [-0.2, -0.15) is 5.26 Å². The van der Waals surface area contributed by atoms with Crippen molar-refractivity contribution in [1.29, 1.82) is 5.26 Å². The summed E-state index contributed by atoms with van der Waals surface area (Å²) >= 11 is 0. The van der Waals surface area contributed by atoms with E-state index >= 15 is 0 Å². The van der Waals surface area contributed by atoms with Crippen LogP contribution >= 0.6 is 0 Å². The average molecular weight is 278 g/mol. The van der Waals surface area contributed by atoms with Gasteiger partial charge >= 0.3 is 0 Å². The van der Waals surface area contributed by atoms with Crippen molar-refractivity contribution in [3.8, 4) is 6.07 Å². The molecule has 0 fully saturated rings. The largest absolute Gasteiger partial charge is 0.378 e. The second-order valence-corrected chi connectivity index (χ2v) is 5.25. The van der Waals surface area contributed by atoms with E-state index in [0.29, 0.717) is 17.7 Å². The molecule has 1 unspecified atom stereocenters. The highest BCUT2D eigenvalue weighted by Gasteiger charge is 2.31. The van der Waals surface area contributed by atoms with E-state index in [1.54, 1.807) is 30.5 Å². The van der Waals surface area contributed by atoms with Gasteiger partial charge in [-0.05, 0) is 43.7 Å². The van der Waals surface area contributed by atoms with E-state index in [9.17, 15) is 5.11 Å². The van der Waals surface area contributed by atoms with Crippen LogP contribution < -0.4 is 0 Å². The van der Waals surface area contributed by atoms with E-state index in [0.717, 1.165) is 11.1 Å². The quantitative estimate of drug-likeness (QED) is 0.870.